The van der Waals surface area contributed by atoms with Gasteiger partial charge in [-0.15, -0.1) is 0 Å². The zero-order chi connectivity index (χ0) is 23.9. The van der Waals surface area contributed by atoms with E-state index in [0.29, 0.717) is 41.8 Å². The maximum absolute atomic E-state index is 13.3. The molecule has 0 aliphatic carbocycles. The van der Waals surface area contributed by atoms with Crippen LogP contribution in [-0.4, -0.2) is 53.9 Å². The zero-order valence-electron chi connectivity index (χ0n) is 18.9. The van der Waals surface area contributed by atoms with Gasteiger partial charge in [0.25, 0.3) is 5.91 Å². The van der Waals surface area contributed by atoms with Gasteiger partial charge in [0, 0.05) is 18.0 Å². The number of halogens is 1. The summed E-state index contributed by atoms with van der Waals surface area (Å²) in [7, 11) is 0. The lowest BCUT2D eigenvalue weighted by molar-refractivity contribution is -0.139. The smallest absolute Gasteiger partial charge is 0.325 e. The largest absolute Gasteiger partial charge is 0.490 e. The molecule has 3 heterocycles. The molecular formula is C25H26ClN3O5. The highest BCUT2D eigenvalue weighted by atomic mass is 35.5. The molecule has 0 unspecified atom stereocenters. The number of rotatable bonds is 4. The predicted molar refractivity (Wildman–Crippen MR) is 125 cm³/mol. The second-order valence-corrected chi connectivity index (χ2v) is 9.39. The minimum atomic E-state index is -1.25. The van der Waals surface area contributed by atoms with E-state index >= 15 is 0 Å². The third-order valence-electron chi connectivity index (χ3n) is 6.72. The van der Waals surface area contributed by atoms with Crippen molar-refractivity contribution in [1.82, 2.24) is 15.1 Å². The van der Waals surface area contributed by atoms with Gasteiger partial charge in [0.05, 0.1) is 19.3 Å². The number of carbonyl (C=O) groups is 3. The Hall–Kier alpha value is -3.26. The van der Waals surface area contributed by atoms with Gasteiger partial charge in [0.2, 0.25) is 5.91 Å². The van der Waals surface area contributed by atoms with Crippen molar-refractivity contribution in [2.45, 2.75) is 37.8 Å². The summed E-state index contributed by atoms with van der Waals surface area (Å²) >= 11 is 5.96. The first-order chi connectivity index (χ1) is 16.4. The average Bonchev–Trinajstić information content (AvgIpc) is 3.30. The second-order valence-electron chi connectivity index (χ2n) is 8.96. The second kappa shape index (κ2) is 8.83. The van der Waals surface area contributed by atoms with Crippen LogP contribution in [0.25, 0.3) is 0 Å². The molecule has 2 fully saturated rings. The molecule has 0 spiro atoms. The summed E-state index contributed by atoms with van der Waals surface area (Å²) in [6.45, 7) is 3.09. The van der Waals surface area contributed by atoms with Gasteiger partial charge in [-0.25, -0.2) is 4.79 Å². The molecule has 2 aromatic carbocycles. The third-order valence-corrected chi connectivity index (χ3v) is 6.97. The van der Waals surface area contributed by atoms with Crippen LogP contribution in [0.2, 0.25) is 5.02 Å². The van der Waals surface area contributed by atoms with Gasteiger partial charge < -0.3 is 19.7 Å². The zero-order valence-corrected chi connectivity index (χ0v) is 19.6. The van der Waals surface area contributed by atoms with E-state index in [2.05, 4.69) is 5.32 Å². The Labute approximate surface area is 202 Å². The van der Waals surface area contributed by atoms with Crippen LogP contribution in [0, 0.1) is 0 Å². The van der Waals surface area contributed by atoms with Crippen molar-refractivity contribution in [3.8, 4) is 11.5 Å². The highest BCUT2D eigenvalue weighted by Crippen LogP contribution is 2.38. The van der Waals surface area contributed by atoms with Crippen LogP contribution < -0.4 is 14.8 Å². The van der Waals surface area contributed by atoms with E-state index in [0.717, 1.165) is 29.7 Å². The van der Waals surface area contributed by atoms with Gasteiger partial charge >= 0.3 is 6.03 Å². The standard InChI is InChI=1S/C25H26ClN3O5/c1-25(17-6-8-18(26)9-7-17)23(31)29(24(32)27-25)15-22(30)28-11-2-4-19(28)16-5-10-20-21(14-16)34-13-3-12-33-20/h5-10,14,19H,2-4,11-13,15H2,1H3,(H,27,32)/t19-,25+/m0/s1. The molecule has 0 bridgehead atoms. The predicted octanol–water partition coefficient (Wildman–Crippen LogP) is 3.63. The lowest BCUT2D eigenvalue weighted by atomic mass is 9.92. The molecule has 2 saturated heterocycles. The number of hydrogen-bond donors (Lipinski definition) is 1. The Balaban J connectivity index is 1.33. The molecule has 178 valence electrons. The number of benzene rings is 2. The Kier molecular flexibility index (Phi) is 5.85. The topological polar surface area (TPSA) is 88.2 Å². The van der Waals surface area contributed by atoms with Crippen LogP contribution in [0.1, 0.15) is 43.4 Å². The molecule has 1 N–H and O–H groups in total. The van der Waals surface area contributed by atoms with E-state index in [-0.39, 0.29) is 18.5 Å². The molecule has 0 saturated carbocycles. The number of imide groups is 1. The number of nitrogens with zero attached hydrogens (tertiary/aromatic N) is 2. The summed E-state index contributed by atoms with van der Waals surface area (Å²) in [5, 5.41) is 3.27. The quantitative estimate of drug-likeness (QED) is 0.671. The Morgan fingerprint density at radius 3 is 2.59 bits per heavy atom. The number of hydrogen-bond acceptors (Lipinski definition) is 5. The van der Waals surface area contributed by atoms with Crippen LogP contribution >= 0.6 is 11.6 Å². The van der Waals surface area contributed by atoms with Crippen molar-refractivity contribution < 1.29 is 23.9 Å². The summed E-state index contributed by atoms with van der Waals surface area (Å²) in [5.41, 5.74) is 0.315. The van der Waals surface area contributed by atoms with Crippen LogP contribution in [0.15, 0.2) is 42.5 Å². The number of amides is 4. The van der Waals surface area contributed by atoms with Crippen LogP contribution in [-0.2, 0) is 15.1 Å². The molecule has 0 radical (unpaired) electrons. The first-order valence-electron chi connectivity index (χ1n) is 11.5. The Bertz CT molecular complexity index is 1140. The third kappa shape index (κ3) is 3.96. The lowest BCUT2D eigenvalue weighted by Crippen LogP contribution is -2.44. The highest BCUT2D eigenvalue weighted by Gasteiger charge is 2.50. The highest BCUT2D eigenvalue weighted by molar-refractivity contribution is 6.30. The average molecular weight is 484 g/mol. The van der Waals surface area contributed by atoms with E-state index in [9.17, 15) is 14.4 Å². The SMILES string of the molecule is C[C@]1(c2ccc(Cl)cc2)NC(=O)N(CC(=O)N2CCC[C@H]2c2ccc3c(c2)OCCCO3)C1=O. The summed E-state index contributed by atoms with van der Waals surface area (Å²) in [4.78, 5) is 42.0. The molecule has 2 atom stereocenters. The Morgan fingerprint density at radius 2 is 1.82 bits per heavy atom. The van der Waals surface area contributed by atoms with Gasteiger partial charge in [-0.3, -0.25) is 14.5 Å². The molecule has 8 nitrogen and oxygen atoms in total. The summed E-state index contributed by atoms with van der Waals surface area (Å²) in [6.07, 6.45) is 2.46. The Morgan fingerprint density at radius 1 is 1.09 bits per heavy atom. The van der Waals surface area contributed by atoms with Crippen molar-refractivity contribution in [1.29, 1.82) is 0 Å². The first-order valence-corrected chi connectivity index (χ1v) is 11.8. The van der Waals surface area contributed by atoms with Gasteiger partial charge in [0.15, 0.2) is 11.5 Å². The minimum Gasteiger partial charge on any atom is -0.490 e. The van der Waals surface area contributed by atoms with Gasteiger partial charge in [-0.2, -0.15) is 0 Å². The maximum atomic E-state index is 13.3. The van der Waals surface area contributed by atoms with Gasteiger partial charge in [-0.05, 0) is 55.2 Å². The van der Waals surface area contributed by atoms with Crippen LogP contribution in [0.5, 0.6) is 11.5 Å². The number of likely N-dealkylation sites (tertiary alicyclic amines) is 1. The fraction of sp³-hybridized carbons (Fsp3) is 0.400. The number of ether oxygens (including phenoxy) is 2. The number of nitrogens with one attached hydrogen (secondary N) is 1. The molecule has 3 aliphatic heterocycles. The van der Waals surface area contributed by atoms with Crippen molar-refractivity contribution in [2.75, 3.05) is 26.3 Å². The monoisotopic (exact) mass is 483 g/mol. The molecule has 3 aliphatic rings. The molecule has 5 rings (SSSR count). The number of fused-ring (bicyclic) bond motifs is 1. The van der Waals surface area contributed by atoms with E-state index in [1.54, 1.807) is 36.1 Å². The maximum Gasteiger partial charge on any atom is 0.325 e. The molecule has 2 aromatic rings. The first kappa shape index (κ1) is 22.5. The normalized spacial score (nSPS) is 24.2. The lowest BCUT2D eigenvalue weighted by Gasteiger charge is -2.27. The number of carbonyl (C=O) groups excluding carboxylic acids is 3. The minimum absolute atomic E-state index is 0.145. The molecule has 34 heavy (non-hydrogen) atoms. The summed E-state index contributed by atoms with van der Waals surface area (Å²) < 4.78 is 11.5. The molecule has 4 amide bonds. The fourth-order valence-corrected chi connectivity index (χ4v) is 4.97. The van der Waals surface area contributed by atoms with Gasteiger partial charge in [0.1, 0.15) is 12.1 Å². The fourth-order valence-electron chi connectivity index (χ4n) is 4.84. The van der Waals surface area contributed by atoms with Crippen LogP contribution in [0.3, 0.4) is 0 Å². The van der Waals surface area contributed by atoms with E-state index in [4.69, 9.17) is 21.1 Å². The number of urea groups is 1. The van der Waals surface area contributed by atoms with E-state index in [1.807, 2.05) is 18.2 Å². The summed E-state index contributed by atoms with van der Waals surface area (Å²) in [6, 6.07) is 11.8. The molecular weight excluding hydrogens is 458 g/mol. The summed E-state index contributed by atoms with van der Waals surface area (Å²) in [5.74, 6) is 0.665. The van der Waals surface area contributed by atoms with Crippen molar-refractivity contribution in [2.24, 2.45) is 0 Å². The van der Waals surface area contributed by atoms with Crippen molar-refractivity contribution >= 4 is 29.4 Å². The van der Waals surface area contributed by atoms with E-state index < -0.39 is 17.5 Å². The van der Waals surface area contributed by atoms with Crippen LogP contribution in [0.4, 0.5) is 4.79 Å². The van der Waals surface area contributed by atoms with Crippen molar-refractivity contribution in [3.05, 3.63) is 58.6 Å². The van der Waals surface area contributed by atoms with E-state index in [1.165, 1.54) is 0 Å². The van der Waals surface area contributed by atoms with Crippen molar-refractivity contribution in [3.63, 3.8) is 0 Å². The molecule has 0 aromatic heterocycles. The molecule has 9 heteroatoms. The van der Waals surface area contributed by atoms with Gasteiger partial charge in [-0.1, -0.05) is 29.8 Å².